The number of rotatable bonds is 8. The summed E-state index contributed by atoms with van der Waals surface area (Å²) >= 11 is 8.73. The molecule has 2 aliphatic carbocycles. The van der Waals surface area contributed by atoms with Crippen LogP contribution in [0.5, 0.6) is 0 Å². The van der Waals surface area contributed by atoms with Crippen LogP contribution < -0.4 is 0 Å². The zero-order valence-corrected chi connectivity index (χ0v) is 22.2. The molecule has 12 heteroatoms. The van der Waals surface area contributed by atoms with E-state index in [0.29, 0.717) is 29.8 Å². The average molecular weight is 560 g/mol. The smallest absolute Gasteiger partial charge is 0.303 e. The van der Waals surface area contributed by atoms with E-state index in [9.17, 15) is 24.5 Å². The Morgan fingerprint density at radius 1 is 1.14 bits per heavy atom. The highest BCUT2D eigenvalue weighted by atomic mass is 32.2. The van der Waals surface area contributed by atoms with Crippen molar-refractivity contribution >= 4 is 58.8 Å². The molecule has 2 aromatic rings. The molecule has 2 aliphatic heterocycles. The Balaban J connectivity index is 1.29. The molecule has 9 nitrogen and oxygen atoms in total. The Hall–Kier alpha value is -2.57. The maximum absolute atomic E-state index is 13.6. The number of fused-ring (bicyclic) bond motifs is 9. The van der Waals surface area contributed by atoms with Crippen LogP contribution in [0, 0.1) is 43.7 Å². The van der Waals surface area contributed by atoms with Crippen LogP contribution in [0.1, 0.15) is 48.5 Å². The molecule has 1 aromatic carbocycles. The quantitative estimate of drug-likeness (QED) is 0.154. The van der Waals surface area contributed by atoms with Crippen LogP contribution >= 0.6 is 35.3 Å². The van der Waals surface area contributed by atoms with Crippen molar-refractivity contribution in [2.45, 2.75) is 48.3 Å². The molecular weight excluding hydrogens is 534 g/mol. The zero-order chi connectivity index (χ0) is 26.0. The van der Waals surface area contributed by atoms with Gasteiger partial charge in [-0.3, -0.25) is 29.4 Å². The third-order valence-electron chi connectivity index (χ3n) is 8.55. The molecule has 1 aromatic heterocycles. The zero-order valence-electron chi connectivity index (χ0n) is 19.7. The molecule has 0 radical (unpaired) electrons. The van der Waals surface area contributed by atoms with Crippen molar-refractivity contribution in [3.05, 3.63) is 48.8 Å². The number of likely N-dealkylation sites (tertiary alicyclic amines) is 1. The summed E-state index contributed by atoms with van der Waals surface area (Å²) in [5.41, 5.74) is 1.01. The van der Waals surface area contributed by atoms with Gasteiger partial charge in [-0.25, -0.2) is 0 Å². The van der Waals surface area contributed by atoms with Gasteiger partial charge < -0.3 is 10.1 Å². The number of imide groups is 1. The first kappa shape index (κ1) is 24.7. The fraction of sp³-hybridized carbons (Fsp3) is 0.520. The Labute approximate surface area is 225 Å². The Bertz CT molecular complexity index is 1350. The van der Waals surface area contributed by atoms with E-state index in [4.69, 9.17) is 17.3 Å². The molecule has 3 fully saturated rings. The van der Waals surface area contributed by atoms with E-state index in [1.54, 1.807) is 11.8 Å². The molecule has 7 atom stereocenters. The third-order valence-corrected chi connectivity index (χ3v) is 11.5. The monoisotopic (exact) mass is 559 g/mol. The molecule has 2 N–H and O–H groups in total. The molecule has 1 saturated heterocycles. The summed E-state index contributed by atoms with van der Waals surface area (Å²) in [5.74, 6) is -1.37. The minimum atomic E-state index is -0.837. The number of unbranched alkanes of at least 4 members (excludes halogenated alkanes) is 2. The summed E-state index contributed by atoms with van der Waals surface area (Å²) in [6.45, 7) is 0.346. The molecule has 6 rings (SSSR count). The lowest BCUT2D eigenvalue weighted by atomic mass is 9.68. The first-order valence-corrected chi connectivity index (χ1v) is 14.6. The van der Waals surface area contributed by atoms with Crippen LogP contribution in [0.3, 0.4) is 0 Å². The number of carbonyl (C=O) groups is 3. The summed E-state index contributed by atoms with van der Waals surface area (Å²) in [5, 5.41) is 21.2. The van der Waals surface area contributed by atoms with Crippen LogP contribution in [0.4, 0.5) is 5.69 Å². The van der Waals surface area contributed by atoms with Crippen molar-refractivity contribution in [2.75, 3.05) is 6.54 Å². The predicted molar refractivity (Wildman–Crippen MR) is 139 cm³/mol. The number of thiazole rings is 1. The first-order chi connectivity index (χ1) is 17.8. The molecule has 4 aliphatic rings. The highest BCUT2D eigenvalue weighted by Crippen LogP contribution is 2.68. The second kappa shape index (κ2) is 9.32. The lowest BCUT2D eigenvalue weighted by Gasteiger charge is -2.43. The number of amides is 2. The van der Waals surface area contributed by atoms with Gasteiger partial charge in [-0.2, -0.15) is 0 Å². The maximum Gasteiger partial charge on any atom is 0.303 e. The van der Waals surface area contributed by atoms with E-state index in [-0.39, 0.29) is 64.7 Å². The van der Waals surface area contributed by atoms with Gasteiger partial charge in [0.1, 0.15) is 0 Å². The number of thioether (sulfide) groups is 1. The first-order valence-electron chi connectivity index (χ1n) is 12.5. The number of H-pyrrole nitrogens is 1. The molecular formula is C25H25N3O6S3. The second-order valence-electron chi connectivity index (χ2n) is 10.3. The van der Waals surface area contributed by atoms with Crippen LogP contribution in [-0.4, -0.2) is 49.5 Å². The minimum Gasteiger partial charge on any atom is -0.481 e. The lowest BCUT2D eigenvalue weighted by molar-refractivity contribution is -0.384. The average Bonchev–Trinajstić information content (AvgIpc) is 3.58. The number of hydrogen-bond acceptors (Lipinski definition) is 8. The largest absolute Gasteiger partial charge is 0.481 e. The standard InChI is InChI=1S/C25H25N3O6S3/c29-15(30)4-2-1-3-9-27-23(31)18-13-10-14(19(18)24(27)32)20-17(13)16(21-22(36-20)26-25(35)37-21)11-5-7-12(8-6-11)28(33)34/h5-8,13-14,16-20H,1-4,9-10H2,(H,26,35)(H,29,30)/t13-,14+,16-,17+,18+,19+,20+/m0/s1. The molecule has 2 amide bonds. The number of carbonyl (C=O) groups excluding carboxylic acids is 2. The number of carboxylic acid groups (broad SMARTS) is 1. The van der Waals surface area contributed by atoms with E-state index in [1.807, 2.05) is 12.1 Å². The number of nitro groups is 1. The minimum absolute atomic E-state index is 0.0379. The summed E-state index contributed by atoms with van der Waals surface area (Å²) in [6, 6.07) is 6.70. The summed E-state index contributed by atoms with van der Waals surface area (Å²) in [7, 11) is 0. The van der Waals surface area contributed by atoms with Crippen molar-refractivity contribution in [2.24, 2.45) is 29.6 Å². The Morgan fingerprint density at radius 3 is 2.51 bits per heavy atom. The van der Waals surface area contributed by atoms with Gasteiger partial charge in [-0.1, -0.05) is 18.6 Å². The SMILES string of the molecule is O=C(O)CCCCCN1C(=O)[C@@H]2[C@H]3C[C@@H]([C@H]4Sc5[nH]c(=S)sc5[C@@H](c5ccc([N+](=O)[O-])cc5)[C@@H]34)[C@H]2C1=O. The van der Waals surface area contributed by atoms with Crippen molar-refractivity contribution < 1.29 is 24.4 Å². The molecule has 194 valence electrons. The van der Waals surface area contributed by atoms with Crippen molar-refractivity contribution in [1.29, 1.82) is 0 Å². The second-order valence-corrected chi connectivity index (χ2v) is 13.2. The van der Waals surface area contributed by atoms with E-state index < -0.39 is 10.9 Å². The number of hydrogen-bond donors (Lipinski definition) is 2. The number of aromatic nitrogens is 1. The normalized spacial score (nSPS) is 31.4. The molecule has 0 spiro atoms. The number of non-ortho nitro benzene ring substituents is 1. The predicted octanol–water partition coefficient (Wildman–Crippen LogP) is 4.83. The molecule has 2 saturated carbocycles. The number of nitrogens with zero attached hydrogens (tertiary/aromatic N) is 2. The number of carboxylic acids is 1. The highest BCUT2D eigenvalue weighted by molar-refractivity contribution is 8.00. The van der Waals surface area contributed by atoms with Crippen LogP contribution in [-0.2, 0) is 14.4 Å². The van der Waals surface area contributed by atoms with Crippen molar-refractivity contribution in [1.82, 2.24) is 9.88 Å². The number of nitrogens with one attached hydrogen (secondary N) is 1. The molecule has 0 unspecified atom stereocenters. The highest BCUT2D eigenvalue weighted by Gasteiger charge is 2.69. The Kier molecular flexibility index (Phi) is 6.23. The number of benzene rings is 1. The van der Waals surface area contributed by atoms with Crippen LogP contribution in [0.2, 0.25) is 0 Å². The van der Waals surface area contributed by atoms with E-state index in [2.05, 4.69) is 4.98 Å². The summed E-state index contributed by atoms with van der Waals surface area (Å²) in [4.78, 5) is 54.4. The van der Waals surface area contributed by atoms with E-state index in [1.165, 1.54) is 28.4 Å². The maximum atomic E-state index is 13.6. The number of aromatic amines is 1. The van der Waals surface area contributed by atoms with Gasteiger partial charge in [0.15, 0.2) is 3.95 Å². The van der Waals surface area contributed by atoms with Gasteiger partial charge in [0, 0.05) is 41.1 Å². The summed E-state index contributed by atoms with van der Waals surface area (Å²) < 4.78 is 0.679. The fourth-order valence-corrected chi connectivity index (χ4v) is 10.5. The van der Waals surface area contributed by atoms with Gasteiger partial charge in [-0.15, -0.1) is 23.1 Å². The van der Waals surface area contributed by atoms with Gasteiger partial charge in [0.2, 0.25) is 11.8 Å². The van der Waals surface area contributed by atoms with Gasteiger partial charge in [0.25, 0.3) is 5.69 Å². The number of aliphatic carboxylic acids is 1. The van der Waals surface area contributed by atoms with Crippen LogP contribution in [0.25, 0.3) is 0 Å². The van der Waals surface area contributed by atoms with Crippen LogP contribution in [0.15, 0.2) is 29.3 Å². The fourth-order valence-electron chi connectivity index (χ4n) is 7.20. The number of nitro benzene ring substituents is 1. The van der Waals surface area contributed by atoms with Crippen molar-refractivity contribution in [3.8, 4) is 0 Å². The molecule has 37 heavy (non-hydrogen) atoms. The van der Waals surface area contributed by atoms with E-state index >= 15 is 0 Å². The summed E-state index contributed by atoms with van der Waals surface area (Å²) in [6.07, 6.45) is 2.73. The Morgan fingerprint density at radius 2 is 1.84 bits per heavy atom. The van der Waals surface area contributed by atoms with E-state index in [0.717, 1.165) is 21.9 Å². The molecule has 2 bridgehead atoms. The van der Waals surface area contributed by atoms with Gasteiger partial charge in [0.05, 0.1) is 21.8 Å². The molecule has 3 heterocycles. The third kappa shape index (κ3) is 3.95. The topological polar surface area (TPSA) is 134 Å². The van der Waals surface area contributed by atoms with Crippen molar-refractivity contribution in [3.63, 3.8) is 0 Å². The lowest BCUT2D eigenvalue weighted by Crippen LogP contribution is -2.42. The van der Waals surface area contributed by atoms with Gasteiger partial charge in [-0.05, 0) is 54.8 Å². The van der Waals surface area contributed by atoms with Gasteiger partial charge >= 0.3 is 5.97 Å².